The number of para-hydroxylation sites is 3. The van der Waals surface area contributed by atoms with E-state index >= 15 is 0 Å². The number of hydrogen-bond donors (Lipinski definition) is 0. The van der Waals surface area contributed by atoms with E-state index in [-0.39, 0.29) is 33.8 Å². The van der Waals surface area contributed by atoms with E-state index in [1.54, 1.807) is 0 Å². The fraction of sp³-hybridized carbons (Fsp3) is 0.343. The van der Waals surface area contributed by atoms with Crippen molar-refractivity contribution in [2.75, 3.05) is 19.1 Å². The average Bonchev–Trinajstić information content (AvgIpc) is 3.76. The molecule has 7 aromatic carbocycles. The molecule has 1 aromatic heterocycles. The van der Waals surface area contributed by atoms with E-state index in [4.69, 9.17) is 4.42 Å². The highest BCUT2D eigenvalue weighted by atomic mass is 127. The highest BCUT2D eigenvalue weighted by molar-refractivity contribution is 14.1. The Kier molecular flexibility index (Phi) is 11.2. The van der Waals surface area contributed by atoms with Gasteiger partial charge in [-0.05, 0) is 182 Å². The van der Waals surface area contributed by atoms with E-state index in [0.717, 1.165) is 63.4 Å². The zero-order valence-electron chi connectivity index (χ0n) is 45.2. The van der Waals surface area contributed by atoms with E-state index in [1.807, 2.05) is 0 Å². The fourth-order valence-corrected chi connectivity index (χ4v) is 13.7. The molecule has 4 nitrogen and oxygen atoms in total. The van der Waals surface area contributed by atoms with Crippen LogP contribution in [0.25, 0.3) is 11.0 Å². The van der Waals surface area contributed by atoms with Gasteiger partial charge in [-0.2, -0.15) is 0 Å². The lowest BCUT2D eigenvalue weighted by Crippen LogP contribution is -2.61. The number of fused-ring (bicyclic) bond motifs is 8. The van der Waals surface area contributed by atoms with Crippen molar-refractivity contribution < 1.29 is 4.42 Å². The van der Waals surface area contributed by atoms with Gasteiger partial charge in [0.1, 0.15) is 5.58 Å². The number of alkyl halides is 1. The summed E-state index contributed by atoms with van der Waals surface area (Å²) >= 11 is 2.62. The molecule has 73 heavy (non-hydrogen) atoms. The molecule has 0 saturated carbocycles. The molecule has 8 aromatic rings. The molecule has 0 unspecified atom stereocenters. The Morgan fingerprint density at radius 2 is 1.08 bits per heavy atom. The van der Waals surface area contributed by atoms with Gasteiger partial charge in [-0.15, -0.1) is 0 Å². The summed E-state index contributed by atoms with van der Waals surface area (Å²) in [6, 6.07) is 55.6. The van der Waals surface area contributed by atoms with Gasteiger partial charge in [0.25, 0.3) is 6.71 Å². The van der Waals surface area contributed by atoms with Crippen molar-refractivity contribution in [3.8, 4) is 0 Å². The summed E-state index contributed by atoms with van der Waals surface area (Å²) in [7, 11) is 0. The standard InChI is InChI=1S/C67H71BIN3O/c1-42(2)48-38-56-55(39-51(48)67(11,12)41-69)68-60-57(71(56)46-28-29-50-52(34-46)64(5,6)31-30-63(50,3)4)35-47(70(43-22-16-13-17-23-43)44-24-18-14-19-25-44)36-58(60)72(45-26-20-15-21-27-45)61-49-37-53-54(40-59(49)73-62(61)68)66(9,10)33-32-65(53,7)8/h13-29,34-40,42H,30-33,41H2,1-12H3. The number of halogens is 1. The van der Waals surface area contributed by atoms with Crippen LogP contribution in [0.3, 0.4) is 0 Å². The van der Waals surface area contributed by atoms with E-state index in [2.05, 4.69) is 266 Å². The third-order valence-corrected chi connectivity index (χ3v) is 19.8. The monoisotopic (exact) mass is 1070 g/mol. The summed E-state index contributed by atoms with van der Waals surface area (Å²) in [4.78, 5) is 7.69. The number of rotatable bonds is 8. The Labute approximate surface area is 449 Å². The molecule has 2 aliphatic carbocycles. The highest BCUT2D eigenvalue weighted by Gasteiger charge is 2.49. The van der Waals surface area contributed by atoms with Gasteiger partial charge < -0.3 is 19.1 Å². The minimum atomic E-state index is -0.189. The predicted octanol–water partition coefficient (Wildman–Crippen LogP) is 17.5. The van der Waals surface area contributed by atoms with Crippen LogP contribution in [0.15, 0.2) is 150 Å². The molecule has 0 fully saturated rings. The molecule has 0 amide bonds. The molecule has 0 N–H and O–H groups in total. The predicted molar refractivity (Wildman–Crippen MR) is 321 cm³/mol. The molecule has 0 atom stereocenters. The van der Waals surface area contributed by atoms with Gasteiger partial charge in [0.05, 0.1) is 17.0 Å². The fourth-order valence-electron chi connectivity index (χ4n) is 13.3. The van der Waals surface area contributed by atoms with Gasteiger partial charge >= 0.3 is 0 Å². The van der Waals surface area contributed by atoms with Crippen LogP contribution in [0.2, 0.25) is 0 Å². The average molecular weight is 1070 g/mol. The van der Waals surface area contributed by atoms with Crippen LogP contribution in [0.1, 0.15) is 148 Å². The maximum absolute atomic E-state index is 7.72. The topological polar surface area (TPSA) is 22.9 Å². The van der Waals surface area contributed by atoms with Crippen LogP contribution < -0.4 is 31.3 Å². The van der Waals surface area contributed by atoms with Crippen LogP contribution >= 0.6 is 22.6 Å². The second-order valence-corrected chi connectivity index (χ2v) is 26.3. The minimum Gasteiger partial charge on any atom is -0.468 e. The molecule has 6 heteroatoms. The lowest BCUT2D eigenvalue weighted by Gasteiger charge is -2.45. The Morgan fingerprint density at radius 3 is 1.64 bits per heavy atom. The first kappa shape index (κ1) is 48.2. The van der Waals surface area contributed by atoms with Crippen molar-refractivity contribution in [2.24, 2.45) is 0 Å². The summed E-state index contributed by atoms with van der Waals surface area (Å²) < 4.78 is 8.72. The first-order chi connectivity index (χ1) is 34.7. The summed E-state index contributed by atoms with van der Waals surface area (Å²) in [5.41, 5.74) is 23.6. The van der Waals surface area contributed by atoms with Crippen LogP contribution in [-0.4, -0.2) is 11.1 Å². The summed E-state index contributed by atoms with van der Waals surface area (Å²) in [5, 5.41) is 1.18. The number of anilines is 9. The molecule has 12 rings (SSSR count). The molecule has 0 spiro atoms. The van der Waals surface area contributed by atoms with Crippen LogP contribution in [-0.2, 0) is 27.1 Å². The van der Waals surface area contributed by atoms with Gasteiger partial charge in [-0.25, -0.2) is 0 Å². The molecule has 0 saturated heterocycles. The lowest BCUT2D eigenvalue weighted by molar-refractivity contribution is 0.332. The van der Waals surface area contributed by atoms with Crippen molar-refractivity contribution >= 4 is 108 Å². The van der Waals surface area contributed by atoms with E-state index < -0.39 is 0 Å². The van der Waals surface area contributed by atoms with Crippen molar-refractivity contribution in [1.29, 1.82) is 0 Å². The number of benzene rings is 7. The van der Waals surface area contributed by atoms with E-state index in [1.165, 1.54) is 78.9 Å². The quantitative estimate of drug-likeness (QED) is 0.0859. The first-order valence-corrected chi connectivity index (χ1v) is 28.5. The Hall–Kier alpha value is -5.73. The molecule has 0 bridgehead atoms. The summed E-state index contributed by atoms with van der Waals surface area (Å²) in [6.45, 7) is 29.0. The second kappa shape index (κ2) is 16.9. The third kappa shape index (κ3) is 7.56. The van der Waals surface area contributed by atoms with Crippen molar-refractivity contribution in [3.63, 3.8) is 0 Å². The largest absolute Gasteiger partial charge is 0.468 e. The Bertz CT molecular complexity index is 3440. The molecule has 4 aliphatic rings. The van der Waals surface area contributed by atoms with Crippen molar-refractivity contribution in [3.05, 3.63) is 179 Å². The molecular formula is C67H71BIN3O. The maximum Gasteiger partial charge on any atom is 0.297 e. The minimum absolute atomic E-state index is 0.0172. The van der Waals surface area contributed by atoms with E-state index in [0.29, 0.717) is 5.92 Å². The normalized spacial score (nSPS) is 17.7. The van der Waals surface area contributed by atoms with Gasteiger partial charge in [-0.3, -0.25) is 0 Å². The van der Waals surface area contributed by atoms with E-state index in [9.17, 15) is 0 Å². The Morgan fingerprint density at radius 1 is 0.562 bits per heavy atom. The lowest BCUT2D eigenvalue weighted by atomic mass is 9.35. The maximum atomic E-state index is 7.72. The highest BCUT2D eigenvalue weighted by Crippen LogP contribution is 2.55. The number of hydrogen-bond acceptors (Lipinski definition) is 4. The van der Waals surface area contributed by atoms with Gasteiger partial charge in [0.15, 0.2) is 0 Å². The van der Waals surface area contributed by atoms with Gasteiger partial charge in [0, 0.05) is 49.6 Å². The summed E-state index contributed by atoms with van der Waals surface area (Å²) in [6.07, 6.45) is 4.60. The molecule has 2 aliphatic heterocycles. The Balaban J connectivity index is 1.26. The van der Waals surface area contributed by atoms with Crippen LogP contribution in [0.5, 0.6) is 0 Å². The summed E-state index contributed by atoms with van der Waals surface area (Å²) in [5.74, 6) is 0.308. The smallest absolute Gasteiger partial charge is 0.297 e. The molecule has 370 valence electrons. The van der Waals surface area contributed by atoms with Gasteiger partial charge in [-0.1, -0.05) is 172 Å². The van der Waals surface area contributed by atoms with Crippen LogP contribution in [0, 0.1) is 0 Å². The van der Waals surface area contributed by atoms with Crippen molar-refractivity contribution in [2.45, 2.75) is 142 Å². The molecular weight excluding hydrogens is 1000 g/mol. The van der Waals surface area contributed by atoms with Crippen molar-refractivity contribution in [1.82, 2.24) is 0 Å². The number of nitrogens with zero attached hydrogens (tertiary/aromatic N) is 3. The first-order valence-electron chi connectivity index (χ1n) is 26.9. The third-order valence-electron chi connectivity index (χ3n) is 17.9. The van der Waals surface area contributed by atoms with Crippen LogP contribution in [0.4, 0.5) is 51.2 Å². The second-order valence-electron chi connectivity index (χ2n) is 25.5. The zero-order valence-corrected chi connectivity index (χ0v) is 47.3. The molecule has 3 heterocycles. The number of furan rings is 1. The zero-order chi connectivity index (χ0) is 51.1. The SMILES string of the molecule is CC(C)c1cc2c(cc1C(C)(C)CI)B1c3oc4cc5c(cc4c3N(c3ccccc3)c3cc(N(c4ccccc4)c4ccccc4)cc(c31)N2c1ccc2c(c1)C(C)(C)CCC2(C)C)C(C)(C)CCC5(C)C. The molecule has 0 radical (unpaired) electrons. The van der Waals surface area contributed by atoms with Gasteiger partial charge in [0.2, 0.25) is 0 Å².